The zero-order valence-corrected chi connectivity index (χ0v) is 14.9. The lowest BCUT2D eigenvalue weighted by molar-refractivity contribution is -0.125. The van der Waals surface area contributed by atoms with E-state index < -0.39 is 0 Å². The highest BCUT2D eigenvalue weighted by atomic mass is 35.5. The molecule has 1 aromatic rings. The third-order valence-electron chi connectivity index (χ3n) is 3.12. The van der Waals surface area contributed by atoms with E-state index in [9.17, 15) is 9.59 Å². The van der Waals surface area contributed by atoms with E-state index in [4.69, 9.17) is 15.2 Å². The molecule has 1 aromatic carbocycles. The van der Waals surface area contributed by atoms with Crippen LogP contribution < -0.4 is 25.8 Å². The van der Waals surface area contributed by atoms with Crippen molar-refractivity contribution >= 4 is 24.2 Å². The van der Waals surface area contributed by atoms with Crippen LogP contribution in [-0.2, 0) is 16.0 Å². The van der Waals surface area contributed by atoms with E-state index >= 15 is 0 Å². The lowest BCUT2D eigenvalue weighted by Gasteiger charge is -2.11. The normalized spacial score (nSPS) is 9.62. The van der Waals surface area contributed by atoms with E-state index in [0.29, 0.717) is 18.9 Å². The number of aryl methyl sites for hydroxylation is 1. The number of hydrogen-bond donors (Lipinski definition) is 3. The Morgan fingerprint density at radius 3 is 2.54 bits per heavy atom. The smallest absolute Gasteiger partial charge is 0.239 e. The molecule has 0 bridgehead atoms. The molecule has 4 N–H and O–H groups in total. The number of carbonyl (C=O) groups excluding carboxylic acids is 2. The summed E-state index contributed by atoms with van der Waals surface area (Å²) in [5.74, 6) is 0.860. The fraction of sp³-hybridized carbons (Fsp3) is 0.500. The second-order valence-corrected chi connectivity index (χ2v) is 4.85. The van der Waals surface area contributed by atoms with Gasteiger partial charge >= 0.3 is 0 Å². The van der Waals surface area contributed by atoms with Crippen LogP contribution in [0.3, 0.4) is 0 Å². The van der Waals surface area contributed by atoms with Gasteiger partial charge in [-0.25, -0.2) is 0 Å². The zero-order chi connectivity index (χ0) is 17.1. The van der Waals surface area contributed by atoms with Gasteiger partial charge in [0, 0.05) is 6.54 Å². The summed E-state index contributed by atoms with van der Waals surface area (Å²) in [5.41, 5.74) is 6.25. The molecule has 136 valence electrons. The first-order chi connectivity index (χ1) is 11.1. The molecule has 0 spiro atoms. The van der Waals surface area contributed by atoms with Crippen LogP contribution in [-0.4, -0.2) is 45.2 Å². The zero-order valence-electron chi connectivity index (χ0n) is 14.1. The molecule has 7 nitrogen and oxygen atoms in total. The van der Waals surface area contributed by atoms with Crippen molar-refractivity contribution in [3.63, 3.8) is 0 Å². The highest BCUT2D eigenvalue weighted by Crippen LogP contribution is 2.28. The Balaban J connectivity index is 0.00000529. The molecule has 24 heavy (non-hydrogen) atoms. The number of methoxy groups -OCH3 is 1. The molecular formula is C16H26ClN3O4. The SMILES string of the molecule is CCOc1cc(CCCNC(=O)CNC(=O)CN)ccc1OC.Cl. The van der Waals surface area contributed by atoms with E-state index in [2.05, 4.69) is 10.6 Å². The van der Waals surface area contributed by atoms with E-state index in [-0.39, 0.29) is 37.3 Å². The van der Waals surface area contributed by atoms with Gasteiger partial charge in [0.1, 0.15) is 0 Å². The van der Waals surface area contributed by atoms with Gasteiger partial charge in [0.2, 0.25) is 11.8 Å². The van der Waals surface area contributed by atoms with Crippen LogP contribution in [0.15, 0.2) is 18.2 Å². The summed E-state index contributed by atoms with van der Waals surface area (Å²) in [6.45, 7) is 2.86. The Hall–Kier alpha value is -1.99. The minimum Gasteiger partial charge on any atom is -0.493 e. The van der Waals surface area contributed by atoms with E-state index in [1.54, 1.807) is 7.11 Å². The molecule has 0 fully saturated rings. The summed E-state index contributed by atoms with van der Waals surface area (Å²) < 4.78 is 10.8. The monoisotopic (exact) mass is 359 g/mol. The number of ether oxygens (including phenoxy) is 2. The van der Waals surface area contributed by atoms with Crippen molar-refractivity contribution in [2.24, 2.45) is 5.73 Å². The first-order valence-corrected chi connectivity index (χ1v) is 7.63. The molecule has 0 atom stereocenters. The highest BCUT2D eigenvalue weighted by Gasteiger charge is 2.06. The minimum absolute atomic E-state index is 0. The molecule has 0 saturated carbocycles. The van der Waals surface area contributed by atoms with Gasteiger partial charge in [-0.15, -0.1) is 12.4 Å². The third kappa shape index (κ3) is 8.03. The van der Waals surface area contributed by atoms with Crippen molar-refractivity contribution < 1.29 is 19.1 Å². The highest BCUT2D eigenvalue weighted by molar-refractivity contribution is 5.85. The number of nitrogens with two attached hydrogens (primary N) is 1. The van der Waals surface area contributed by atoms with Crippen molar-refractivity contribution in [1.29, 1.82) is 0 Å². The van der Waals surface area contributed by atoms with Crippen LogP contribution in [0.1, 0.15) is 18.9 Å². The average molecular weight is 360 g/mol. The van der Waals surface area contributed by atoms with Crippen LogP contribution in [0.2, 0.25) is 0 Å². The Labute approximate surface area is 148 Å². The van der Waals surface area contributed by atoms with Crippen molar-refractivity contribution in [3.05, 3.63) is 23.8 Å². The summed E-state index contributed by atoms with van der Waals surface area (Å²) in [6.07, 6.45) is 1.59. The molecule has 8 heteroatoms. The predicted octanol–water partition coefficient (Wildman–Crippen LogP) is 0.639. The van der Waals surface area contributed by atoms with Crippen LogP contribution in [0.4, 0.5) is 0 Å². The molecule has 0 unspecified atom stereocenters. The standard InChI is InChI=1S/C16H25N3O4.ClH/c1-3-23-14-9-12(6-7-13(14)22-2)5-4-8-18-16(21)11-19-15(20)10-17;/h6-7,9H,3-5,8,10-11,17H2,1-2H3,(H,18,21)(H,19,20);1H. The molecular weight excluding hydrogens is 334 g/mol. The maximum atomic E-state index is 11.5. The fourth-order valence-corrected chi connectivity index (χ4v) is 1.98. The minimum atomic E-state index is -0.346. The van der Waals surface area contributed by atoms with Crippen LogP contribution in [0.25, 0.3) is 0 Å². The number of amides is 2. The van der Waals surface area contributed by atoms with Crippen molar-refractivity contribution in [2.75, 3.05) is 33.4 Å². The summed E-state index contributed by atoms with van der Waals surface area (Å²) >= 11 is 0. The quantitative estimate of drug-likeness (QED) is 0.532. The number of rotatable bonds is 10. The first kappa shape index (κ1) is 22.0. The van der Waals surface area contributed by atoms with Gasteiger partial charge in [-0.1, -0.05) is 6.07 Å². The maximum absolute atomic E-state index is 11.5. The third-order valence-corrected chi connectivity index (χ3v) is 3.12. The fourth-order valence-electron chi connectivity index (χ4n) is 1.98. The van der Waals surface area contributed by atoms with Crippen molar-refractivity contribution in [1.82, 2.24) is 10.6 Å². The van der Waals surface area contributed by atoms with Gasteiger partial charge in [-0.05, 0) is 37.5 Å². The molecule has 0 saturated heterocycles. The molecule has 0 aliphatic rings. The second-order valence-electron chi connectivity index (χ2n) is 4.85. The first-order valence-electron chi connectivity index (χ1n) is 7.63. The average Bonchev–Trinajstić information content (AvgIpc) is 2.57. The van der Waals surface area contributed by atoms with Crippen LogP contribution >= 0.6 is 12.4 Å². The van der Waals surface area contributed by atoms with Crippen LogP contribution in [0.5, 0.6) is 11.5 Å². The predicted molar refractivity (Wildman–Crippen MR) is 94.8 cm³/mol. The van der Waals surface area contributed by atoms with Gasteiger partial charge in [-0.2, -0.15) is 0 Å². The molecule has 0 aliphatic carbocycles. The molecule has 0 aliphatic heterocycles. The number of nitrogens with one attached hydrogen (secondary N) is 2. The summed E-state index contributed by atoms with van der Waals surface area (Å²) in [4.78, 5) is 22.4. The summed E-state index contributed by atoms with van der Waals surface area (Å²) in [7, 11) is 1.61. The number of benzene rings is 1. The van der Waals surface area contributed by atoms with Gasteiger partial charge in [0.25, 0.3) is 0 Å². The molecule has 1 rings (SSSR count). The van der Waals surface area contributed by atoms with E-state index in [1.165, 1.54) is 0 Å². The Morgan fingerprint density at radius 2 is 1.92 bits per heavy atom. The van der Waals surface area contributed by atoms with Gasteiger partial charge in [0.15, 0.2) is 11.5 Å². The molecule has 0 heterocycles. The van der Waals surface area contributed by atoms with Gasteiger partial charge in [0.05, 0.1) is 26.8 Å². The van der Waals surface area contributed by atoms with E-state index in [0.717, 1.165) is 24.2 Å². The lowest BCUT2D eigenvalue weighted by Crippen LogP contribution is -2.39. The number of halogens is 1. The maximum Gasteiger partial charge on any atom is 0.239 e. The van der Waals surface area contributed by atoms with Gasteiger partial charge < -0.3 is 25.8 Å². The van der Waals surface area contributed by atoms with E-state index in [1.807, 2.05) is 25.1 Å². The molecule has 2 amide bonds. The van der Waals surface area contributed by atoms with Gasteiger partial charge in [-0.3, -0.25) is 9.59 Å². The Kier molecular flexibility index (Phi) is 11.4. The van der Waals surface area contributed by atoms with Crippen molar-refractivity contribution in [3.8, 4) is 11.5 Å². The number of hydrogen-bond acceptors (Lipinski definition) is 5. The lowest BCUT2D eigenvalue weighted by atomic mass is 10.1. The van der Waals surface area contributed by atoms with Crippen molar-refractivity contribution in [2.45, 2.75) is 19.8 Å². The number of carbonyl (C=O) groups is 2. The summed E-state index contributed by atoms with van der Waals surface area (Å²) in [5, 5.41) is 5.16. The Bertz CT molecular complexity index is 526. The van der Waals surface area contributed by atoms with Crippen LogP contribution in [0, 0.1) is 0 Å². The summed E-state index contributed by atoms with van der Waals surface area (Å²) in [6, 6.07) is 5.80. The topological polar surface area (TPSA) is 103 Å². The largest absolute Gasteiger partial charge is 0.493 e. The Morgan fingerprint density at radius 1 is 1.17 bits per heavy atom. The molecule has 0 aromatic heterocycles. The molecule has 0 radical (unpaired) electrons. The second kappa shape index (κ2) is 12.4.